The van der Waals surface area contributed by atoms with Crippen molar-refractivity contribution in [2.24, 2.45) is 0 Å². The Morgan fingerprint density at radius 2 is 2.18 bits per heavy atom. The number of amides is 1. The number of aryl methyl sites for hydroxylation is 1. The standard InChI is InChI=1S/C15H22N2O5/c1-11-3-2-4-12(9-11)17-14(19)10-13(15(20)21)16-5-7-22-8-6-18/h2-4,9,13,16,18H,5-8,10H2,1H3,(H,17,19)(H,20,21)/t13-/m1/s1. The quantitative estimate of drug-likeness (QED) is 0.433. The molecule has 0 aliphatic carbocycles. The lowest BCUT2D eigenvalue weighted by molar-refractivity contribution is -0.683. The second kappa shape index (κ2) is 9.88. The van der Waals surface area contributed by atoms with Crippen LogP contribution in [-0.4, -0.2) is 49.4 Å². The summed E-state index contributed by atoms with van der Waals surface area (Å²) in [6, 6.07) is 6.29. The van der Waals surface area contributed by atoms with E-state index in [-0.39, 0.29) is 25.5 Å². The number of aliphatic hydroxyl groups is 1. The van der Waals surface area contributed by atoms with Crippen LogP contribution in [0.5, 0.6) is 0 Å². The van der Waals surface area contributed by atoms with Crippen molar-refractivity contribution in [1.29, 1.82) is 0 Å². The number of anilines is 1. The molecule has 0 aromatic heterocycles. The number of carbonyl (C=O) groups excluding carboxylic acids is 2. The van der Waals surface area contributed by atoms with Gasteiger partial charge in [0.25, 0.3) is 0 Å². The van der Waals surface area contributed by atoms with Crippen LogP contribution < -0.4 is 15.7 Å². The summed E-state index contributed by atoms with van der Waals surface area (Å²) in [5.41, 5.74) is 1.63. The Morgan fingerprint density at radius 1 is 1.41 bits per heavy atom. The molecule has 0 heterocycles. The predicted molar refractivity (Wildman–Crippen MR) is 77.9 cm³/mol. The molecule has 1 atom stereocenters. The Morgan fingerprint density at radius 3 is 2.82 bits per heavy atom. The summed E-state index contributed by atoms with van der Waals surface area (Å²) in [5.74, 6) is -1.67. The van der Waals surface area contributed by atoms with Crippen LogP contribution in [0.1, 0.15) is 12.0 Å². The molecule has 1 aromatic carbocycles. The van der Waals surface area contributed by atoms with E-state index in [9.17, 15) is 14.7 Å². The van der Waals surface area contributed by atoms with Gasteiger partial charge in [-0.25, -0.2) is 0 Å². The van der Waals surface area contributed by atoms with Gasteiger partial charge in [0.2, 0.25) is 5.91 Å². The first kappa shape index (κ1) is 18.1. The first-order valence-corrected chi connectivity index (χ1v) is 7.12. The van der Waals surface area contributed by atoms with Crippen molar-refractivity contribution in [3.63, 3.8) is 0 Å². The van der Waals surface area contributed by atoms with Crippen molar-refractivity contribution < 1.29 is 29.9 Å². The summed E-state index contributed by atoms with van der Waals surface area (Å²) < 4.78 is 5.03. The van der Waals surface area contributed by atoms with Gasteiger partial charge in [-0.15, -0.1) is 0 Å². The van der Waals surface area contributed by atoms with Crippen molar-refractivity contribution in [3.05, 3.63) is 29.8 Å². The van der Waals surface area contributed by atoms with Crippen LogP contribution in [0.4, 0.5) is 5.69 Å². The highest BCUT2D eigenvalue weighted by molar-refractivity contribution is 5.93. The highest BCUT2D eigenvalue weighted by atomic mass is 16.5. The average Bonchev–Trinajstić information content (AvgIpc) is 2.45. The van der Waals surface area contributed by atoms with Gasteiger partial charge in [0.1, 0.15) is 6.04 Å². The highest BCUT2D eigenvalue weighted by Gasteiger charge is 2.18. The second-order valence-electron chi connectivity index (χ2n) is 4.91. The molecule has 0 aliphatic rings. The number of rotatable bonds is 10. The molecule has 0 bridgehead atoms. The van der Waals surface area contributed by atoms with E-state index in [0.29, 0.717) is 18.8 Å². The molecule has 7 nitrogen and oxygen atoms in total. The highest BCUT2D eigenvalue weighted by Crippen LogP contribution is 2.09. The molecule has 0 spiro atoms. The molecule has 1 amide bonds. The number of ether oxygens (including phenoxy) is 1. The number of hydrogen-bond donors (Lipinski definition) is 3. The molecular formula is C15H22N2O5. The number of nitrogens with two attached hydrogens (primary N) is 1. The monoisotopic (exact) mass is 310 g/mol. The van der Waals surface area contributed by atoms with Crippen LogP contribution in [0.15, 0.2) is 24.3 Å². The fraction of sp³-hybridized carbons (Fsp3) is 0.467. The number of aliphatic hydroxyl groups excluding tert-OH is 1. The van der Waals surface area contributed by atoms with Crippen molar-refractivity contribution in [2.45, 2.75) is 19.4 Å². The molecule has 0 radical (unpaired) electrons. The second-order valence-corrected chi connectivity index (χ2v) is 4.91. The number of benzene rings is 1. The van der Waals surface area contributed by atoms with Crippen molar-refractivity contribution in [3.8, 4) is 0 Å². The fourth-order valence-corrected chi connectivity index (χ4v) is 1.92. The zero-order chi connectivity index (χ0) is 16.4. The summed E-state index contributed by atoms with van der Waals surface area (Å²) in [4.78, 5) is 22.9. The normalized spacial score (nSPS) is 11.9. The van der Waals surface area contributed by atoms with Gasteiger partial charge in [0.15, 0.2) is 0 Å². The minimum atomic E-state index is -1.29. The maximum atomic E-state index is 11.9. The van der Waals surface area contributed by atoms with Gasteiger partial charge in [0, 0.05) is 5.69 Å². The van der Waals surface area contributed by atoms with Gasteiger partial charge in [-0.05, 0) is 24.6 Å². The summed E-state index contributed by atoms with van der Waals surface area (Å²) in [7, 11) is 0. The van der Waals surface area contributed by atoms with Gasteiger partial charge in [-0.2, -0.15) is 0 Å². The van der Waals surface area contributed by atoms with Gasteiger partial charge in [-0.3, -0.25) is 4.79 Å². The zero-order valence-electron chi connectivity index (χ0n) is 12.6. The SMILES string of the molecule is Cc1cccc(NC(=O)C[C@@H]([NH2+]CCOCCO)C(=O)[O-])c1. The number of quaternary nitrogens is 1. The smallest absolute Gasteiger partial charge is 0.230 e. The van der Waals surface area contributed by atoms with Crippen LogP contribution in [0.2, 0.25) is 0 Å². The maximum Gasteiger partial charge on any atom is 0.230 e. The van der Waals surface area contributed by atoms with Crippen molar-refractivity contribution in [1.82, 2.24) is 0 Å². The Hall–Kier alpha value is -1.96. The number of hydrogen-bond acceptors (Lipinski definition) is 5. The van der Waals surface area contributed by atoms with Crippen LogP contribution in [0.3, 0.4) is 0 Å². The van der Waals surface area contributed by atoms with Gasteiger partial charge >= 0.3 is 0 Å². The summed E-state index contributed by atoms with van der Waals surface area (Å²) in [6.07, 6.45) is -0.184. The van der Waals surface area contributed by atoms with E-state index < -0.39 is 12.0 Å². The molecule has 1 rings (SSSR count). The lowest BCUT2D eigenvalue weighted by Crippen LogP contribution is -2.94. The third-order valence-electron chi connectivity index (χ3n) is 2.96. The number of carbonyl (C=O) groups is 2. The minimum Gasteiger partial charge on any atom is -0.544 e. The van der Waals surface area contributed by atoms with Crippen LogP contribution in [0, 0.1) is 6.92 Å². The Labute approximate surface area is 129 Å². The lowest BCUT2D eigenvalue weighted by Gasteiger charge is -2.16. The predicted octanol–water partition coefficient (Wildman–Crippen LogP) is -1.99. The largest absolute Gasteiger partial charge is 0.544 e. The van der Waals surface area contributed by atoms with Crippen LogP contribution in [0.25, 0.3) is 0 Å². The summed E-state index contributed by atoms with van der Waals surface area (Å²) >= 11 is 0. The first-order valence-electron chi connectivity index (χ1n) is 7.12. The Balaban J connectivity index is 2.41. The average molecular weight is 310 g/mol. The molecule has 0 saturated carbocycles. The molecule has 0 unspecified atom stereocenters. The number of aliphatic carboxylic acids is 1. The molecule has 0 saturated heterocycles. The molecule has 1 aromatic rings. The molecule has 4 N–H and O–H groups in total. The van der Waals surface area contributed by atoms with Gasteiger partial charge in [-0.1, -0.05) is 12.1 Å². The van der Waals surface area contributed by atoms with Gasteiger partial charge in [0.05, 0.1) is 38.8 Å². The first-order chi connectivity index (χ1) is 10.5. The number of carboxylic acid groups (broad SMARTS) is 1. The lowest BCUT2D eigenvalue weighted by atomic mass is 10.2. The number of carboxylic acids is 1. The molecule has 122 valence electrons. The molecule has 7 heteroatoms. The Kier molecular flexibility index (Phi) is 8.13. The number of nitrogens with one attached hydrogen (secondary N) is 1. The minimum absolute atomic E-state index is 0.0805. The van der Waals surface area contributed by atoms with E-state index in [4.69, 9.17) is 9.84 Å². The molecule has 0 aliphatic heterocycles. The molecule has 22 heavy (non-hydrogen) atoms. The fourth-order valence-electron chi connectivity index (χ4n) is 1.92. The topological polar surface area (TPSA) is 115 Å². The zero-order valence-corrected chi connectivity index (χ0v) is 12.6. The summed E-state index contributed by atoms with van der Waals surface area (Å²) in [5, 5.41) is 23.8. The van der Waals surface area contributed by atoms with E-state index in [1.165, 1.54) is 5.32 Å². The van der Waals surface area contributed by atoms with Crippen LogP contribution >= 0.6 is 0 Å². The van der Waals surface area contributed by atoms with Crippen LogP contribution in [-0.2, 0) is 14.3 Å². The third kappa shape index (κ3) is 7.16. The maximum absolute atomic E-state index is 11.9. The molecular weight excluding hydrogens is 288 g/mol. The van der Waals surface area contributed by atoms with Crippen molar-refractivity contribution in [2.75, 3.05) is 31.7 Å². The van der Waals surface area contributed by atoms with Gasteiger partial charge < -0.3 is 30.4 Å². The van der Waals surface area contributed by atoms with E-state index in [1.54, 1.807) is 12.1 Å². The van der Waals surface area contributed by atoms with Crippen molar-refractivity contribution >= 4 is 17.6 Å². The van der Waals surface area contributed by atoms with E-state index in [1.807, 2.05) is 19.1 Å². The third-order valence-corrected chi connectivity index (χ3v) is 2.96. The molecule has 0 fully saturated rings. The van der Waals surface area contributed by atoms with E-state index in [0.717, 1.165) is 5.56 Å². The van der Waals surface area contributed by atoms with E-state index in [2.05, 4.69) is 5.32 Å². The Bertz CT molecular complexity index is 493. The summed E-state index contributed by atoms with van der Waals surface area (Å²) in [6.45, 7) is 2.69. The van der Waals surface area contributed by atoms with E-state index >= 15 is 0 Å².